The SMILES string of the molecule is CCc1ccc(NC(=O)[C@H]2CCCN(Cc3nc4ccccc4n3Cc3ccc(Cl)cc3)C2)cc1. The number of anilines is 1. The number of carbonyl (C=O) groups excluding carboxylic acids is 1. The highest BCUT2D eigenvalue weighted by atomic mass is 35.5. The Kier molecular flexibility index (Phi) is 7.16. The van der Waals surface area contributed by atoms with Crippen LogP contribution in [0.25, 0.3) is 11.0 Å². The van der Waals surface area contributed by atoms with Gasteiger partial charge in [0.2, 0.25) is 5.91 Å². The number of para-hydroxylation sites is 2. The summed E-state index contributed by atoms with van der Waals surface area (Å²) >= 11 is 6.09. The Morgan fingerprint density at radius 3 is 2.51 bits per heavy atom. The van der Waals surface area contributed by atoms with Crippen LogP contribution in [0.5, 0.6) is 0 Å². The molecular formula is C29H31ClN4O. The zero-order valence-electron chi connectivity index (χ0n) is 20.1. The van der Waals surface area contributed by atoms with Crippen LogP contribution in [0, 0.1) is 5.92 Å². The van der Waals surface area contributed by atoms with Gasteiger partial charge in [-0.3, -0.25) is 9.69 Å². The Morgan fingerprint density at radius 2 is 1.74 bits per heavy atom. The first-order valence-electron chi connectivity index (χ1n) is 12.4. The monoisotopic (exact) mass is 486 g/mol. The molecule has 5 nitrogen and oxygen atoms in total. The molecule has 0 spiro atoms. The Hall–Kier alpha value is -3.15. The van der Waals surface area contributed by atoms with Gasteiger partial charge in [-0.15, -0.1) is 0 Å². The Balaban J connectivity index is 1.31. The molecule has 0 aliphatic carbocycles. The maximum absolute atomic E-state index is 13.0. The fourth-order valence-electron chi connectivity index (χ4n) is 4.88. The number of imidazole rings is 1. The first-order chi connectivity index (χ1) is 17.1. The fraction of sp³-hybridized carbons (Fsp3) is 0.310. The number of hydrogen-bond donors (Lipinski definition) is 1. The van der Waals surface area contributed by atoms with Crippen molar-refractivity contribution in [2.45, 2.75) is 39.3 Å². The molecule has 1 saturated heterocycles. The average Bonchev–Trinajstić information content (AvgIpc) is 3.22. The molecule has 1 amide bonds. The maximum atomic E-state index is 13.0. The fourth-order valence-corrected chi connectivity index (χ4v) is 5.00. The Morgan fingerprint density at radius 1 is 1.00 bits per heavy atom. The third kappa shape index (κ3) is 5.58. The number of nitrogens with zero attached hydrogens (tertiary/aromatic N) is 3. The second-order valence-corrected chi connectivity index (χ2v) is 9.78. The molecule has 1 aliphatic rings. The molecule has 0 unspecified atom stereocenters. The molecule has 1 atom stereocenters. The lowest BCUT2D eigenvalue weighted by atomic mass is 9.97. The molecule has 3 aromatic carbocycles. The summed E-state index contributed by atoms with van der Waals surface area (Å²) in [6.07, 6.45) is 2.91. The molecule has 0 saturated carbocycles. The minimum atomic E-state index is -0.0244. The van der Waals surface area contributed by atoms with Crippen molar-refractivity contribution >= 4 is 34.2 Å². The van der Waals surface area contributed by atoms with E-state index < -0.39 is 0 Å². The Labute approximate surface area is 211 Å². The number of nitrogens with one attached hydrogen (secondary N) is 1. The highest BCUT2D eigenvalue weighted by Crippen LogP contribution is 2.24. The van der Waals surface area contributed by atoms with Gasteiger partial charge < -0.3 is 9.88 Å². The van der Waals surface area contributed by atoms with Crippen molar-refractivity contribution in [1.82, 2.24) is 14.5 Å². The highest BCUT2D eigenvalue weighted by Gasteiger charge is 2.27. The molecule has 1 fully saturated rings. The van der Waals surface area contributed by atoms with Crippen molar-refractivity contribution in [3.63, 3.8) is 0 Å². The minimum Gasteiger partial charge on any atom is -0.326 e. The van der Waals surface area contributed by atoms with Gasteiger partial charge in [-0.05, 0) is 73.3 Å². The van der Waals surface area contributed by atoms with Crippen molar-refractivity contribution in [3.05, 3.63) is 94.8 Å². The van der Waals surface area contributed by atoms with Gasteiger partial charge in [0, 0.05) is 23.8 Å². The van der Waals surface area contributed by atoms with Crippen LogP contribution >= 0.6 is 11.6 Å². The number of halogens is 1. The largest absolute Gasteiger partial charge is 0.326 e. The first-order valence-corrected chi connectivity index (χ1v) is 12.8. The summed E-state index contributed by atoms with van der Waals surface area (Å²) in [7, 11) is 0. The zero-order valence-corrected chi connectivity index (χ0v) is 20.8. The number of benzene rings is 3. The van der Waals surface area contributed by atoms with Gasteiger partial charge in [-0.2, -0.15) is 0 Å². The molecule has 4 aromatic rings. The molecule has 5 rings (SSSR count). The second-order valence-electron chi connectivity index (χ2n) is 9.34. The summed E-state index contributed by atoms with van der Waals surface area (Å²) < 4.78 is 2.29. The van der Waals surface area contributed by atoms with Crippen molar-refractivity contribution in [2.24, 2.45) is 5.92 Å². The number of aryl methyl sites for hydroxylation is 1. The maximum Gasteiger partial charge on any atom is 0.228 e. The van der Waals surface area contributed by atoms with Crippen LogP contribution in [0.3, 0.4) is 0 Å². The summed E-state index contributed by atoms with van der Waals surface area (Å²) in [5.41, 5.74) is 5.45. The van der Waals surface area contributed by atoms with Gasteiger partial charge in [0.15, 0.2) is 0 Å². The quantitative estimate of drug-likeness (QED) is 0.341. The van der Waals surface area contributed by atoms with Crippen molar-refractivity contribution in [3.8, 4) is 0 Å². The number of rotatable bonds is 7. The summed E-state index contributed by atoms with van der Waals surface area (Å²) in [4.78, 5) is 20.4. The van der Waals surface area contributed by atoms with E-state index in [1.807, 2.05) is 30.3 Å². The third-order valence-electron chi connectivity index (χ3n) is 6.86. The van der Waals surface area contributed by atoms with Gasteiger partial charge in [-0.1, -0.05) is 54.9 Å². The lowest BCUT2D eigenvalue weighted by Crippen LogP contribution is -2.40. The van der Waals surface area contributed by atoms with Crippen LogP contribution < -0.4 is 5.32 Å². The van der Waals surface area contributed by atoms with Crippen LogP contribution in [-0.2, 0) is 24.3 Å². The van der Waals surface area contributed by atoms with Crippen molar-refractivity contribution in [1.29, 1.82) is 0 Å². The van der Waals surface area contributed by atoms with Gasteiger partial charge >= 0.3 is 0 Å². The lowest BCUT2D eigenvalue weighted by molar-refractivity contribution is -0.121. The average molecular weight is 487 g/mol. The normalized spacial score (nSPS) is 16.5. The van der Waals surface area contributed by atoms with E-state index in [9.17, 15) is 4.79 Å². The Bertz CT molecular complexity index is 1300. The van der Waals surface area contributed by atoms with Crippen LogP contribution in [0.15, 0.2) is 72.8 Å². The van der Waals surface area contributed by atoms with Gasteiger partial charge in [-0.25, -0.2) is 4.98 Å². The number of likely N-dealkylation sites (tertiary alicyclic amines) is 1. The summed E-state index contributed by atoms with van der Waals surface area (Å²) in [6, 6.07) is 24.4. The number of carbonyl (C=O) groups is 1. The van der Waals surface area contributed by atoms with Crippen LogP contribution in [0.1, 0.15) is 36.7 Å². The zero-order chi connectivity index (χ0) is 24.2. The van der Waals surface area contributed by atoms with Gasteiger partial charge in [0.05, 0.1) is 23.5 Å². The molecule has 0 radical (unpaired) electrons. The number of hydrogen-bond acceptors (Lipinski definition) is 3. The van der Waals surface area contributed by atoms with Crippen LogP contribution in [0.4, 0.5) is 5.69 Å². The summed E-state index contributed by atoms with van der Waals surface area (Å²) in [6.45, 7) is 5.30. The van der Waals surface area contributed by atoms with Crippen molar-refractivity contribution < 1.29 is 4.79 Å². The van der Waals surface area contributed by atoms with E-state index in [1.165, 1.54) is 11.1 Å². The van der Waals surface area contributed by atoms with Crippen LogP contribution in [0.2, 0.25) is 5.02 Å². The van der Waals surface area contributed by atoms with Crippen LogP contribution in [-0.4, -0.2) is 33.4 Å². The summed E-state index contributed by atoms with van der Waals surface area (Å²) in [5.74, 6) is 1.11. The number of aromatic nitrogens is 2. The topological polar surface area (TPSA) is 50.2 Å². The number of amides is 1. The molecule has 1 aromatic heterocycles. The number of fused-ring (bicyclic) bond motifs is 1. The van der Waals surface area contributed by atoms with E-state index in [-0.39, 0.29) is 11.8 Å². The molecule has 180 valence electrons. The molecule has 2 heterocycles. The summed E-state index contributed by atoms with van der Waals surface area (Å²) in [5, 5.41) is 3.86. The third-order valence-corrected chi connectivity index (χ3v) is 7.11. The molecule has 6 heteroatoms. The van der Waals surface area contributed by atoms with E-state index in [0.29, 0.717) is 0 Å². The highest BCUT2D eigenvalue weighted by molar-refractivity contribution is 6.30. The molecule has 35 heavy (non-hydrogen) atoms. The van der Waals surface area contributed by atoms with Gasteiger partial charge in [0.25, 0.3) is 0 Å². The van der Waals surface area contributed by atoms with E-state index in [1.54, 1.807) is 0 Å². The molecule has 0 bridgehead atoms. The smallest absolute Gasteiger partial charge is 0.228 e. The van der Waals surface area contributed by atoms with E-state index in [0.717, 1.165) is 73.0 Å². The first kappa shape index (κ1) is 23.6. The van der Waals surface area contributed by atoms with E-state index in [4.69, 9.17) is 16.6 Å². The molecular weight excluding hydrogens is 456 g/mol. The second kappa shape index (κ2) is 10.6. The molecule has 1 N–H and O–H groups in total. The predicted molar refractivity (Wildman–Crippen MR) is 143 cm³/mol. The lowest BCUT2D eigenvalue weighted by Gasteiger charge is -2.31. The van der Waals surface area contributed by atoms with E-state index in [2.05, 4.69) is 64.2 Å². The minimum absolute atomic E-state index is 0.0244. The van der Waals surface area contributed by atoms with Gasteiger partial charge in [0.1, 0.15) is 5.82 Å². The number of piperidine rings is 1. The van der Waals surface area contributed by atoms with Crippen molar-refractivity contribution in [2.75, 3.05) is 18.4 Å². The molecule has 1 aliphatic heterocycles. The van der Waals surface area contributed by atoms with E-state index >= 15 is 0 Å². The predicted octanol–water partition coefficient (Wildman–Crippen LogP) is 6.15. The standard InChI is InChI=1S/C29H31ClN4O/c1-2-21-11-15-25(16-12-21)31-29(35)23-6-5-17-33(19-23)20-28-32-26-7-3-4-8-27(26)34(28)18-22-9-13-24(30)14-10-22/h3-4,7-16,23H,2,5-6,17-20H2,1H3,(H,31,35)/t23-/m0/s1.